The van der Waals surface area contributed by atoms with E-state index in [-0.39, 0.29) is 24.4 Å². The zero-order valence-corrected chi connectivity index (χ0v) is 27.7. The lowest BCUT2D eigenvalue weighted by Gasteiger charge is -2.34. The molecule has 1 saturated heterocycles. The number of aryl methyl sites for hydroxylation is 3. The van der Waals surface area contributed by atoms with Gasteiger partial charge in [0, 0.05) is 37.5 Å². The lowest BCUT2D eigenvalue weighted by atomic mass is 9.69. The average molecular weight is 644 g/mol. The van der Waals surface area contributed by atoms with Gasteiger partial charge in [-0.05, 0) is 104 Å². The highest BCUT2D eigenvalue weighted by Crippen LogP contribution is 2.47. The van der Waals surface area contributed by atoms with E-state index in [9.17, 15) is 14.9 Å². The molecule has 10 nitrogen and oxygen atoms in total. The normalized spacial score (nSPS) is 18.3. The van der Waals surface area contributed by atoms with E-state index < -0.39 is 5.41 Å². The minimum atomic E-state index is -0.906. The molecule has 0 radical (unpaired) electrons. The van der Waals surface area contributed by atoms with Crippen LogP contribution in [0.3, 0.4) is 0 Å². The molecule has 0 saturated carbocycles. The first-order valence-electron chi connectivity index (χ1n) is 16.5. The van der Waals surface area contributed by atoms with Crippen molar-refractivity contribution in [3.8, 4) is 17.5 Å². The second kappa shape index (κ2) is 13.8. The van der Waals surface area contributed by atoms with Crippen molar-refractivity contribution in [2.45, 2.75) is 50.5 Å². The summed E-state index contributed by atoms with van der Waals surface area (Å²) < 4.78 is 6.64. The molecule has 3 N–H and O–H groups in total. The van der Waals surface area contributed by atoms with Crippen molar-refractivity contribution in [1.82, 2.24) is 31.0 Å². The SMILES string of the molecule is C=C(NC)c1ccc2c(c1)CCc1cc(C(=O)NC)ccc1C2(CCNCC(=O)N1CCCC1C#N)c1nnc(-c2ccc(C)cc2)o1. The second-order valence-electron chi connectivity index (χ2n) is 12.5. The smallest absolute Gasteiger partial charge is 0.251 e. The fraction of sp³-hybridized carbons (Fsp3) is 0.342. The number of carbonyl (C=O) groups is 2. The van der Waals surface area contributed by atoms with Gasteiger partial charge in [0.2, 0.25) is 17.7 Å². The molecule has 6 rings (SSSR count). The van der Waals surface area contributed by atoms with E-state index in [2.05, 4.69) is 51.9 Å². The number of fused-ring (bicyclic) bond motifs is 2. The number of carbonyl (C=O) groups excluding carboxylic acids is 2. The van der Waals surface area contributed by atoms with Gasteiger partial charge in [0.15, 0.2) is 0 Å². The number of nitrogens with one attached hydrogen (secondary N) is 3. The Morgan fingerprint density at radius 3 is 2.35 bits per heavy atom. The summed E-state index contributed by atoms with van der Waals surface area (Å²) in [5.74, 6) is 0.612. The third-order valence-electron chi connectivity index (χ3n) is 9.70. The summed E-state index contributed by atoms with van der Waals surface area (Å²) in [5, 5.41) is 28.1. The molecule has 246 valence electrons. The number of aromatic nitrogens is 2. The Bertz CT molecular complexity index is 1820. The molecule has 1 fully saturated rings. The van der Waals surface area contributed by atoms with Crippen LogP contribution < -0.4 is 16.0 Å². The maximum atomic E-state index is 13.1. The molecule has 2 atom stereocenters. The molecule has 0 bridgehead atoms. The Morgan fingerprint density at radius 2 is 1.69 bits per heavy atom. The molecule has 4 aromatic rings. The van der Waals surface area contributed by atoms with E-state index in [0.29, 0.717) is 49.7 Å². The molecule has 1 aliphatic carbocycles. The van der Waals surface area contributed by atoms with Crippen LogP contribution in [-0.4, -0.2) is 66.7 Å². The van der Waals surface area contributed by atoms with Crippen LogP contribution in [0.1, 0.15) is 68.9 Å². The second-order valence-corrected chi connectivity index (χ2v) is 12.5. The fourth-order valence-electron chi connectivity index (χ4n) is 7.05. The standard InChI is InChI=1S/C38H41N7O3/c1-24-7-9-26(10-8-24)36-43-44-37(48-36)38(17-18-42-23-34(46)45-19-5-6-31(45)22-39)32-15-13-27(25(2)40-3)20-28(32)11-12-29-21-30(35(47)41-4)14-16-33(29)38/h7-10,13-16,20-21,31,40,42H,2,5-6,11-12,17-19,23H2,1,3-4H3,(H,41,47). The third kappa shape index (κ3) is 6.09. The summed E-state index contributed by atoms with van der Waals surface area (Å²) >= 11 is 0. The highest BCUT2D eigenvalue weighted by atomic mass is 16.4. The van der Waals surface area contributed by atoms with Crippen LogP contribution in [0.15, 0.2) is 71.7 Å². The summed E-state index contributed by atoms with van der Waals surface area (Å²) in [7, 11) is 3.48. The molecular formula is C38H41N7O3. The molecule has 1 aromatic heterocycles. The quantitative estimate of drug-likeness (QED) is 0.215. The third-order valence-corrected chi connectivity index (χ3v) is 9.70. The number of nitrogens with zero attached hydrogens (tertiary/aromatic N) is 4. The first-order chi connectivity index (χ1) is 23.3. The number of likely N-dealkylation sites (tertiary alicyclic amines) is 1. The molecule has 2 heterocycles. The Kier molecular flexibility index (Phi) is 9.42. The van der Waals surface area contributed by atoms with Crippen molar-refractivity contribution in [3.63, 3.8) is 0 Å². The van der Waals surface area contributed by atoms with E-state index in [1.807, 2.05) is 56.4 Å². The molecule has 2 unspecified atom stereocenters. The Labute approximate surface area is 281 Å². The van der Waals surface area contributed by atoms with Gasteiger partial charge < -0.3 is 25.3 Å². The fourth-order valence-corrected chi connectivity index (χ4v) is 7.05. The lowest BCUT2D eigenvalue weighted by molar-refractivity contribution is -0.130. The van der Waals surface area contributed by atoms with Crippen LogP contribution in [0.4, 0.5) is 0 Å². The molecule has 2 aliphatic rings. The maximum absolute atomic E-state index is 13.1. The van der Waals surface area contributed by atoms with Crippen LogP contribution in [-0.2, 0) is 23.1 Å². The predicted octanol–water partition coefficient (Wildman–Crippen LogP) is 4.52. The zero-order chi connectivity index (χ0) is 33.8. The molecule has 3 aromatic carbocycles. The topological polar surface area (TPSA) is 136 Å². The van der Waals surface area contributed by atoms with E-state index in [0.717, 1.165) is 57.5 Å². The van der Waals surface area contributed by atoms with Gasteiger partial charge in [-0.25, -0.2) is 0 Å². The largest absolute Gasteiger partial charge is 0.419 e. The summed E-state index contributed by atoms with van der Waals surface area (Å²) in [6.07, 6.45) is 3.45. The number of hydrogen-bond acceptors (Lipinski definition) is 8. The minimum absolute atomic E-state index is 0.0837. The lowest BCUT2D eigenvalue weighted by Crippen LogP contribution is -2.42. The van der Waals surface area contributed by atoms with Gasteiger partial charge >= 0.3 is 0 Å². The summed E-state index contributed by atoms with van der Waals surface area (Å²) in [5.41, 5.74) is 7.54. The van der Waals surface area contributed by atoms with Crippen molar-refractivity contribution < 1.29 is 14.0 Å². The number of rotatable bonds is 10. The average Bonchev–Trinajstić information content (AvgIpc) is 3.79. The van der Waals surface area contributed by atoms with Gasteiger partial charge in [0.05, 0.1) is 12.6 Å². The van der Waals surface area contributed by atoms with Crippen LogP contribution >= 0.6 is 0 Å². The van der Waals surface area contributed by atoms with Gasteiger partial charge in [-0.3, -0.25) is 9.59 Å². The Hall–Kier alpha value is -5.27. The molecule has 2 amide bonds. The van der Waals surface area contributed by atoms with E-state index >= 15 is 0 Å². The Balaban J connectivity index is 1.47. The van der Waals surface area contributed by atoms with Crippen LogP contribution in [0.5, 0.6) is 0 Å². The van der Waals surface area contributed by atoms with Gasteiger partial charge in [0.1, 0.15) is 11.5 Å². The van der Waals surface area contributed by atoms with Crippen LogP contribution in [0.25, 0.3) is 17.2 Å². The number of amides is 2. The van der Waals surface area contributed by atoms with E-state index in [4.69, 9.17) is 9.52 Å². The van der Waals surface area contributed by atoms with Gasteiger partial charge in [0.25, 0.3) is 5.91 Å². The molecule has 48 heavy (non-hydrogen) atoms. The Morgan fingerprint density at radius 1 is 1.00 bits per heavy atom. The summed E-state index contributed by atoms with van der Waals surface area (Å²) in [6.45, 7) is 7.38. The minimum Gasteiger partial charge on any atom is -0.419 e. The van der Waals surface area contributed by atoms with Gasteiger partial charge in [-0.1, -0.05) is 42.5 Å². The van der Waals surface area contributed by atoms with Gasteiger partial charge in [-0.2, -0.15) is 5.26 Å². The first kappa shape index (κ1) is 32.7. The number of benzene rings is 3. The number of hydrogen-bond donors (Lipinski definition) is 3. The van der Waals surface area contributed by atoms with Crippen molar-refractivity contribution in [3.05, 3.63) is 112 Å². The first-order valence-corrected chi connectivity index (χ1v) is 16.5. The van der Waals surface area contributed by atoms with Crippen molar-refractivity contribution >= 4 is 17.5 Å². The molecule has 0 spiro atoms. The van der Waals surface area contributed by atoms with Crippen LogP contribution in [0.2, 0.25) is 0 Å². The summed E-state index contributed by atoms with van der Waals surface area (Å²) in [4.78, 5) is 27.6. The van der Waals surface area contributed by atoms with Crippen molar-refractivity contribution in [2.24, 2.45) is 0 Å². The molecule has 1 aliphatic heterocycles. The highest BCUT2D eigenvalue weighted by Gasteiger charge is 2.45. The zero-order valence-electron chi connectivity index (χ0n) is 27.7. The van der Waals surface area contributed by atoms with Crippen LogP contribution in [0, 0.1) is 18.3 Å². The predicted molar refractivity (Wildman–Crippen MR) is 184 cm³/mol. The summed E-state index contributed by atoms with van der Waals surface area (Å²) in [6, 6.07) is 22.0. The molecular weight excluding hydrogens is 602 g/mol. The van der Waals surface area contributed by atoms with Crippen molar-refractivity contribution in [2.75, 3.05) is 33.7 Å². The van der Waals surface area contributed by atoms with Gasteiger partial charge in [-0.15, -0.1) is 10.2 Å². The van der Waals surface area contributed by atoms with E-state index in [1.54, 1.807) is 11.9 Å². The number of nitriles is 1. The van der Waals surface area contributed by atoms with Crippen molar-refractivity contribution in [1.29, 1.82) is 5.26 Å². The highest BCUT2D eigenvalue weighted by molar-refractivity contribution is 5.94. The molecule has 10 heteroatoms. The monoisotopic (exact) mass is 643 g/mol. The van der Waals surface area contributed by atoms with E-state index in [1.165, 1.54) is 0 Å². The maximum Gasteiger partial charge on any atom is 0.251 e.